The fourth-order valence-electron chi connectivity index (χ4n) is 1.60. The van der Waals surface area contributed by atoms with Crippen molar-refractivity contribution >= 4 is 27.3 Å². The van der Waals surface area contributed by atoms with Crippen LogP contribution in [0.2, 0.25) is 0 Å². The predicted octanol–water partition coefficient (Wildman–Crippen LogP) is 3.15. The molecule has 0 bridgehead atoms. The Kier molecular flexibility index (Phi) is 4.10. The fourth-order valence-corrected chi connectivity index (χ4v) is 3.78. The Balaban J connectivity index is 2.33. The standard InChI is InChI=1S/C13H11NO4S2/c1-20(17,18)13-5-3-2-4-12(13)19-11-8-6-10(7-9-11)14(15)16/h2-9H,1H3. The van der Waals surface area contributed by atoms with Gasteiger partial charge in [-0.1, -0.05) is 23.9 Å². The van der Waals surface area contributed by atoms with Crippen LogP contribution in [0.1, 0.15) is 0 Å². The summed E-state index contributed by atoms with van der Waals surface area (Å²) in [6.07, 6.45) is 1.15. The summed E-state index contributed by atoms with van der Waals surface area (Å²) in [4.78, 5) is 11.7. The van der Waals surface area contributed by atoms with Crippen molar-refractivity contribution in [2.75, 3.05) is 6.26 Å². The molecule has 0 aromatic heterocycles. The first-order valence-electron chi connectivity index (χ1n) is 5.59. The lowest BCUT2D eigenvalue weighted by molar-refractivity contribution is -0.384. The van der Waals surface area contributed by atoms with Crippen LogP contribution < -0.4 is 0 Å². The third-order valence-electron chi connectivity index (χ3n) is 2.52. The SMILES string of the molecule is CS(=O)(=O)c1ccccc1Sc1ccc([N+](=O)[O-])cc1. The van der Waals surface area contributed by atoms with Gasteiger partial charge < -0.3 is 0 Å². The number of nitro groups is 1. The first kappa shape index (κ1) is 14.5. The molecule has 2 rings (SSSR count). The smallest absolute Gasteiger partial charge is 0.258 e. The number of non-ortho nitro benzene ring substituents is 1. The molecule has 0 aliphatic carbocycles. The van der Waals surface area contributed by atoms with Gasteiger partial charge in [0.05, 0.1) is 9.82 Å². The van der Waals surface area contributed by atoms with E-state index in [4.69, 9.17) is 0 Å². The predicted molar refractivity (Wildman–Crippen MR) is 76.8 cm³/mol. The van der Waals surface area contributed by atoms with Crippen LogP contribution in [0.3, 0.4) is 0 Å². The number of nitro benzene ring substituents is 1. The minimum atomic E-state index is -3.30. The summed E-state index contributed by atoms with van der Waals surface area (Å²) in [6.45, 7) is 0. The van der Waals surface area contributed by atoms with E-state index in [1.165, 1.54) is 23.9 Å². The van der Waals surface area contributed by atoms with Gasteiger partial charge in [0.15, 0.2) is 9.84 Å². The molecule has 104 valence electrons. The summed E-state index contributed by atoms with van der Waals surface area (Å²) < 4.78 is 23.4. The van der Waals surface area contributed by atoms with Crippen molar-refractivity contribution < 1.29 is 13.3 Å². The molecule has 0 spiro atoms. The van der Waals surface area contributed by atoms with Gasteiger partial charge in [0.25, 0.3) is 5.69 Å². The van der Waals surface area contributed by atoms with E-state index >= 15 is 0 Å². The van der Waals surface area contributed by atoms with E-state index < -0.39 is 14.8 Å². The van der Waals surface area contributed by atoms with Crippen molar-refractivity contribution in [2.45, 2.75) is 14.7 Å². The molecule has 0 unspecified atom stereocenters. The van der Waals surface area contributed by atoms with Gasteiger partial charge in [0.2, 0.25) is 0 Å². The lowest BCUT2D eigenvalue weighted by atomic mass is 10.3. The molecule has 0 saturated heterocycles. The van der Waals surface area contributed by atoms with Crippen LogP contribution >= 0.6 is 11.8 Å². The highest BCUT2D eigenvalue weighted by molar-refractivity contribution is 8.00. The second-order valence-corrected chi connectivity index (χ2v) is 7.17. The summed E-state index contributed by atoms with van der Waals surface area (Å²) in [6, 6.07) is 12.7. The van der Waals surface area contributed by atoms with Gasteiger partial charge in [-0.15, -0.1) is 0 Å². The van der Waals surface area contributed by atoms with Crippen LogP contribution in [0, 0.1) is 10.1 Å². The third-order valence-corrected chi connectivity index (χ3v) is 4.89. The lowest BCUT2D eigenvalue weighted by Gasteiger charge is -2.07. The van der Waals surface area contributed by atoms with Crippen LogP contribution in [0.25, 0.3) is 0 Å². The van der Waals surface area contributed by atoms with Crippen molar-refractivity contribution in [1.29, 1.82) is 0 Å². The van der Waals surface area contributed by atoms with Crippen molar-refractivity contribution in [3.8, 4) is 0 Å². The topological polar surface area (TPSA) is 77.3 Å². The Hall–Kier alpha value is -1.86. The number of hydrogen-bond acceptors (Lipinski definition) is 5. The molecule has 7 heteroatoms. The van der Waals surface area contributed by atoms with Crippen molar-refractivity contribution in [2.24, 2.45) is 0 Å². The molecular formula is C13H11NO4S2. The number of sulfone groups is 1. The van der Waals surface area contributed by atoms with Gasteiger partial charge >= 0.3 is 0 Å². The van der Waals surface area contributed by atoms with Gasteiger partial charge in [-0.05, 0) is 24.3 Å². The molecule has 0 N–H and O–H groups in total. The molecule has 2 aromatic rings. The lowest BCUT2D eigenvalue weighted by Crippen LogP contribution is -1.98. The Labute approximate surface area is 120 Å². The van der Waals surface area contributed by atoms with Gasteiger partial charge in [-0.25, -0.2) is 8.42 Å². The Bertz CT molecular complexity index is 739. The quantitative estimate of drug-likeness (QED) is 0.640. The van der Waals surface area contributed by atoms with Crippen molar-refractivity contribution in [1.82, 2.24) is 0 Å². The Morgan fingerprint density at radius 2 is 1.65 bits per heavy atom. The average molecular weight is 309 g/mol. The van der Waals surface area contributed by atoms with Gasteiger partial charge in [-0.2, -0.15) is 0 Å². The van der Waals surface area contributed by atoms with Crippen LogP contribution in [0.5, 0.6) is 0 Å². The number of rotatable bonds is 4. The zero-order valence-electron chi connectivity index (χ0n) is 10.5. The first-order valence-corrected chi connectivity index (χ1v) is 8.30. The maximum atomic E-state index is 11.7. The molecule has 0 aliphatic heterocycles. The highest BCUT2D eigenvalue weighted by atomic mass is 32.2. The minimum Gasteiger partial charge on any atom is -0.258 e. The second kappa shape index (κ2) is 5.64. The maximum Gasteiger partial charge on any atom is 0.269 e. The molecule has 0 aliphatic rings. The third kappa shape index (κ3) is 3.37. The summed E-state index contributed by atoms with van der Waals surface area (Å²) in [5.74, 6) is 0. The molecule has 0 atom stereocenters. The van der Waals surface area contributed by atoms with E-state index in [1.807, 2.05) is 0 Å². The van der Waals surface area contributed by atoms with Gasteiger partial charge in [0.1, 0.15) is 0 Å². The molecule has 0 amide bonds. The number of benzene rings is 2. The summed E-state index contributed by atoms with van der Waals surface area (Å²) in [7, 11) is -3.30. The Morgan fingerprint density at radius 3 is 2.20 bits per heavy atom. The molecular weight excluding hydrogens is 298 g/mol. The molecule has 0 saturated carbocycles. The van der Waals surface area contributed by atoms with Crippen LogP contribution in [-0.4, -0.2) is 19.6 Å². The zero-order valence-corrected chi connectivity index (χ0v) is 12.1. The summed E-state index contributed by atoms with van der Waals surface area (Å²) in [5.41, 5.74) is 0.00532. The molecule has 0 fully saturated rings. The average Bonchev–Trinajstić information content (AvgIpc) is 2.38. The van der Waals surface area contributed by atoms with Gasteiger partial charge in [0, 0.05) is 28.2 Å². The molecule has 2 aromatic carbocycles. The maximum absolute atomic E-state index is 11.7. The van der Waals surface area contributed by atoms with Crippen LogP contribution in [0.4, 0.5) is 5.69 Å². The Morgan fingerprint density at radius 1 is 1.05 bits per heavy atom. The molecule has 0 radical (unpaired) electrons. The van der Waals surface area contributed by atoms with E-state index in [0.29, 0.717) is 4.90 Å². The number of nitrogens with zero attached hydrogens (tertiary/aromatic N) is 1. The van der Waals surface area contributed by atoms with E-state index in [2.05, 4.69) is 0 Å². The van der Waals surface area contributed by atoms with E-state index in [0.717, 1.165) is 11.2 Å². The highest BCUT2D eigenvalue weighted by Crippen LogP contribution is 2.33. The van der Waals surface area contributed by atoms with E-state index in [1.54, 1.807) is 36.4 Å². The first-order chi connectivity index (χ1) is 9.38. The fraction of sp³-hybridized carbons (Fsp3) is 0.0769. The van der Waals surface area contributed by atoms with Crippen LogP contribution in [-0.2, 0) is 9.84 Å². The monoisotopic (exact) mass is 309 g/mol. The minimum absolute atomic E-state index is 0.00532. The largest absolute Gasteiger partial charge is 0.269 e. The summed E-state index contributed by atoms with van der Waals surface area (Å²) >= 11 is 1.26. The van der Waals surface area contributed by atoms with E-state index in [9.17, 15) is 18.5 Å². The molecule has 5 nitrogen and oxygen atoms in total. The van der Waals surface area contributed by atoms with E-state index in [-0.39, 0.29) is 10.6 Å². The summed E-state index contributed by atoms with van der Waals surface area (Å²) in [5, 5.41) is 10.6. The number of hydrogen-bond donors (Lipinski definition) is 0. The highest BCUT2D eigenvalue weighted by Gasteiger charge is 2.13. The van der Waals surface area contributed by atoms with Gasteiger partial charge in [-0.3, -0.25) is 10.1 Å². The second-order valence-electron chi connectivity index (χ2n) is 4.07. The normalized spacial score (nSPS) is 11.2. The zero-order chi connectivity index (χ0) is 14.8. The van der Waals surface area contributed by atoms with Crippen molar-refractivity contribution in [3.63, 3.8) is 0 Å². The van der Waals surface area contributed by atoms with Crippen molar-refractivity contribution in [3.05, 3.63) is 58.6 Å². The molecule has 20 heavy (non-hydrogen) atoms. The molecule has 0 heterocycles. The van der Waals surface area contributed by atoms with Crippen LogP contribution in [0.15, 0.2) is 63.2 Å².